The number of hydrogen-bond donors (Lipinski definition) is 2. The molecule has 2 rings (SSSR count). The van der Waals surface area contributed by atoms with Gasteiger partial charge in [-0.05, 0) is 12.1 Å². The number of nitrogens with zero attached hydrogens (tertiary/aromatic N) is 2. The van der Waals surface area contributed by atoms with Crippen LogP contribution in [0.4, 0.5) is 6.01 Å². The summed E-state index contributed by atoms with van der Waals surface area (Å²) in [5, 5.41) is 2.65. The Hall–Kier alpha value is -2.14. The fourth-order valence-corrected chi connectivity index (χ4v) is 2.58. The molecule has 22 heavy (non-hydrogen) atoms. The molecule has 1 heterocycles. The molecule has 1 aromatic carbocycles. The minimum Gasteiger partial charge on any atom is -0.424 e. The van der Waals surface area contributed by atoms with Crippen LogP contribution < -0.4 is 10.0 Å². The van der Waals surface area contributed by atoms with Gasteiger partial charge >= 0.3 is 0 Å². The number of sulfonamides is 1. The molecule has 0 aliphatic rings. The van der Waals surface area contributed by atoms with Gasteiger partial charge in [0.1, 0.15) is 11.6 Å². The summed E-state index contributed by atoms with van der Waals surface area (Å²) < 4.78 is 32.0. The highest BCUT2D eigenvalue weighted by atomic mass is 32.2. The maximum Gasteiger partial charge on any atom is 0.296 e. The summed E-state index contributed by atoms with van der Waals surface area (Å²) in [6, 6.07) is 5.94. The maximum atomic E-state index is 11.9. The number of nitrogens with one attached hydrogen (secondary N) is 2. The summed E-state index contributed by atoms with van der Waals surface area (Å²) in [6.07, 6.45) is 0.854. The lowest BCUT2D eigenvalue weighted by atomic mass is 10.3. The molecule has 0 spiro atoms. The molecule has 118 valence electrons. The third-order valence-electron chi connectivity index (χ3n) is 2.49. The van der Waals surface area contributed by atoms with E-state index in [2.05, 4.69) is 14.9 Å². The Balaban J connectivity index is 2.17. The molecule has 0 radical (unpaired) electrons. The van der Waals surface area contributed by atoms with Crippen LogP contribution in [0.5, 0.6) is 0 Å². The smallest absolute Gasteiger partial charge is 0.296 e. The first-order valence-electron chi connectivity index (χ1n) is 5.97. The lowest BCUT2D eigenvalue weighted by Gasteiger charge is -2.14. The molecule has 2 aromatic rings. The van der Waals surface area contributed by atoms with E-state index in [1.165, 1.54) is 0 Å². The maximum absolute atomic E-state index is 11.9. The largest absolute Gasteiger partial charge is 0.424 e. The highest BCUT2D eigenvalue weighted by molar-refractivity contribution is 7.98. The molecule has 11 heteroatoms. The van der Waals surface area contributed by atoms with Crippen LogP contribution in [0.25, 0.3) is 11.1 Å². The topological polar surface area (TPSA) is 131 Å². The van der Waals surface area contributed by atoms with E-state index in [0.29, 0.717) is 23.0 Å². The molecule has 1 atom stereocenters. The number of aromatic nitrogens is 1. The van der Waals surface area contributed by atoms with Crippen LogP contribution in [0.1, 0.15) is 0 Å². The first kappa shape index (κ1) is 16.2. The van der Waals surface area contributed by atoms with Gasteiger partial charge in [-0.1, -0.05) is 12.1 Å². The summed E-state index contributed by atoms with van der Waals surface area (Å²) >= 11 is 0.579. The van der Waals surface area contributed by atoms with E-state index in [-0.39, 0.29) is 11.8 Å². The van der Waals surface area contributed by atoms with Gasteiger partial charge in [-0.2, -0.15) is 4.98 Å². The lowest BCUT2D eigenvalue weighted by Crippen LogP contribution is -2.43. The second-order valence-electron chi connectivity index (χ2n) is 4.29. The molecule has 9 nitrogen and oxygen atoms in total. The van der Waals surface area contributed by atoms with Crippen LogP contribution in [0.2, 0.25) is 0 Å². The van der Waals surface area contributed by atoms with Crippen molar-refractivity contribution in [2.45, 2.75) is 6.04 Å². The highest BCUT2D eigenvalue weighted by Gasteiger charge is 2.23. The van der Waals surface area contributed by atoms with Gasteiger partial charge in [0.15, 0.2) is 5.58 Å². The summed E-state index contributed by atoms with van der Waals surface area (Å²) in [5.74, 6) is -0.912. The normalized spacial score (nSPS) is 12.8. The number of anilines is 1. The van der Waals surface area contributed by atoms with Crippen molar-refractivity contribution in [2.24, 2.45) is 4.58 Å². The summed E-state index contributed by atoms with van der Waals surface area (Å²) in [6.45, 7) is 0. The van der Waals surface area contributed by atoms with Crippen LogP contribution in [-0.4, -0.2) is 37.4 Å². The van der Waals surface area contributed by atoms with Crippen molar-refractivity contribution in [1.82, 2.24) is 9.71 Å². The van der Waals surface area contributed by atoms with Crippen molar-refractivity contribution in [3.8, 4) is 0 Å². The van der Waals surface area contributed by atoms with Crippen molar-refractivity contribution in [1.29, 1.82) is 0 Å². The standard InChI is InChI=1S/C11H12N4O5S2/c1-22(18,19)14-10(16)8(6-21-15-17)13-11-12-7-4-2-3-5-9(7)20-11/h2-5,8H,6H2,1H3,(H,12,13)(H,14,16). The van der Waals surface area contributed by atoms with Crippen molar-refractivity contribution in [3.63, 3.8) is 0 Å². The Kier molecular flexibility index (Phi) is 4.98. The molecule has 2 N–H and O–H groups in total. The number of rotatable bonds is 7. The molecular formula is C11H12N4O5S2. The fourth-order valence-electron chi connectivity index (χ4n) is 1.62. The molecule has 0 saturated heterocycles. The van der Waals surface area contributed by atoms with Gasteiger partial charge in [-0.25, -0.2) is 8.42 Å². The zero-order chi connectivity index (χ0) is 16.2. The first-order valence-corrected chi connectivity index (χ1v) is 8.81. The number of benzene rings is 1. The average molecular weight is 344 g/mol. The summed E-state index contributed by atoms with van der Waals surface area (Å²) in [4.78, 5) is 26.2. The average Bonchev–Trinajstić information content (AvgIpc) is 2.83. The van der Waals surface area contributed by atoms with Gasteiger partial charge in [0.05, 0.1) is 6.26 Å². The van der Waals surface area contributed by atoms with Crippen LogP contribution in [0, 0.1) is 4.91 Å². The molecule has 1 aromatic heterocycles. The number of carbonyl (C=O) groups is 1. The van der Waals surface area contributed by atoms with E-state index in [1.807, 2.05) is 4.72 Å². The zero-order valence-corrected chi connectivity index (χ0v) is 13.0. The van der Waals surface area contributed by atoms with Crippen molar-refractivity contribution in [3.05, 3.63) is 29.2 Å². The minimum atomic E-state index is -3.72. The van der Waals surface area contributed by atoms with Gasteiger partial charge in [0.25, 0.3) is 11.9 Å². The third-order valence-corrected chi connectivity index (χ3v) is 3.65. The third kappa shape index (κ3) is 4.43. The predicted octanol–water partition coefficient (Wildman–Crippen LogP) is 1.10. The number of carbonyl (C=O) groups excluding carboxylic acids is 1. The van der Waals surface area contributed by atoms with E-state index >= 15 is 0 Å². The monoisotopic (exact) mass is 344 g/mol. The Morgan fingerprint density at radius 2 is 2.18 bits per heavy atom. The Labute approximate surface area is 130 Å². The highest BCUT2D eigenvalue weighted by Crippen LogP contribution is 2.19. The van der Waals surface area contributed by atoms with E-state index in [1.54, 1.807) is 24.3 Å². The van der Waals surface area contributed by atoms with Gasteiger partial charge in [0.2, 0.25) is 10.0 Å². The first-order chi connectivity index (χ1) is 10.4. The minimum absolute atomic E-state index is 0.0429. The van der Waals surface area contributed by atoms with Crippen LogP contribution in [-0.2, 0) is 14.8 Å². The van der Waals surface area contributed by atoms with Gasteiger partial charge in [-0.15, -0.1) is 4.91 Å². The molecule has 0 aliphatic carbocycles. The van der Waals surface area contributed by atoms with E-state index in [4.69, 9.17) is 4.42 Å². The molecule has 0 saturated carbocycles. The summed E-state index contributed by atoms with van der Waals surface area (Å²) in [5.41, 5.74) is 1.09. The summed E-state index contributed by atoms with van der Waals surface area (Å²) in [7, 11) is -3.72. The quantitative estimate of drug-likeness (QED) is 0.564. The van der Waals surface area contributed by atoms with Crippen molar-refractivity contribution in [2.75, 3.05) is 17.3 Å². The van der Waals surface area contributed by atoms with E-state index in [9.17, 15) is 18.1 Å². The van der Waals surface area contributed by atoms with Crippen LogP contribution in [0.15, 0.2) is 33.3 Å². The predicted molar refractivity (Wildman–Crippen MR) is 82.7 cm³/mol. The number of nitroso groups, excluding NO2 is 1. The second-order valence-corrected chi connectivity index (χ2v) is 6.78. The zero-order valence-electron chi connectivity index (χ0n) is 11.3. The SMILES string of the molecule is CS(=O)(=O)NC(=O)C(CSN=O)Nc1nc2ccccc2o1. The van der Waals surface area contributed by atoms with Crippen molar-refractivity contribution < 1.29 is 17.6 Å². The van der Waals surface area contributed by atoms with Gasteiger partial charge < -0.3 is 9.73 Å². The Morgan fingerprint density at radius 1 is 1.45 bits per heavy atom. The second kappa shape index (κ2) is 6.75. The molecule has 0 fully saturated rings. The van der Waals surface area contributed by atoms with E-state index < -0.39 is 22.0 Å². The number of oxazole rings is 1. The fraction of sp³-hybridized carbons (Fsp3) is 0.273. The lowest BCUT2D eigenvalue weighted by molar-refractivity contribution is -0.119. The number of hydrogen-bond acceptors (Lipinski definition) is 9. The van der Waals surface area contributed by atoms with Crippen molar-refractivity contribution >= 4 is 45.0 Å². The van der Waals surface area contributed by atoms with Crippen LogP contribution in [0.3, 0.4) is 0 Å². The van der Waals surface area contributed by atoms with Crippen LogP contribution >= 0.6 is 11.9 Å². The molecular weight excluding hydrogens is 332 g/mol. The number of fused-ring (bicyclic) bond motifs is 1. The van der Waals surface area contributed by atoms with Gasteiger partial charge in [0, 0.05) is 22.3 Å². The Bertz CT molecular complexity index is 756. The van der Waals surface area contributed by atoms with E-state index in [0.717, 1.165) is 6.26 Å². The molecule has 1 unspecified atom stereocenters. The number of amides is 1. The van der Waals surface area contributed by atoms with Gasteiger partial charge in [-0.3, -0.25) is 9.52 Å². The molecule has 1 amide bonds. The Morgan fingerprint density at radius 3 is 2.82 bits per heavy atom. The number of para-hydroxylation sites is 2. The molecule has 0 bridgehead atoms. The molecule has 0 aliphatic heterocycles.